The SMILES string of the molecule is CC(CO)NC(=O)OC1CCc2c(sc(NC(=O)/C=C/c3ccoc3)c2C#N)C1. The number of aliphatic hydroxyl groups excluding tert-OH is 1. The van der Waals surface area contributed by atoms with E-state index in [-0.39, 0.29) is 24.7 Å². The Labute approximate surface area is 171 Å². The van der Waals surface area contributed by atoms with Gasteiger partial charge in [-0.3, -0.25) is 4.79 Å². The van der Waals surface area contributed by atoms with E-state index >= 15 is 0 Å². The molecule has 3 N–H and O–H groups in total. The fourth-order valence-corrected chi connectivity index (χ4v) is 4.26. The Kier molecular flexibility index (Phi) is 6.69. The summed E-state index contributed by atoms with van der Waals surface area (Å²) in [4.78, 5) is 25.0. The third kappa shape index (κ3) is 5.25. The van der Waals surface area contributed by atoms with Crippen LogP contribution in [0.4, 0.5) is 9.80 Å². The molecule has 0 spiro atoms. The molecular weight excluding hydrogens is 394 g/mol. The van der Waals surface area contributed by atoms with Gasteiger partial charge in [-0.25, -0.2) is 4.79 Å². The van der Waals surface area contributed by atoms with Gasteiger partial charge in [0.25, 0.3) is 0 Å². The molecule has 2 amide bonds. The van der Waals surface area contributed by atoms with Crippen LogP contribution in [-0.4, -0.2) is 35.9 Å². The predicted molar refractivity (Wildman–Crippen MR) is 107 cm³/mol. The summed E-state index contributed by atoms with van der Waals surface area (Å²) in [5, 5.41) is 24.4. The molecule has 8 nitrogen and oxygen atoms in total. The Hall–Kier alpha value is -3.09. The molecule has 1 aliphatic carbocycles. The first-order valence-electron chi connectivity index (χ1n) is 9.14. The largest absolute Gasteiger partial charge is 0.472 e. The van der Waals surface area contributed by atoms with E-state index in [1.807, 2.05) is 0 Å². The van der Waals surface area contributed by atoms with Crippen LogP contribution in [0.2, 0.25) is 0 Å². The van der Waals surface area contributed by atoms with Crippen molar-refractivity contribution >= 4 is 34.4 Å². The first-order valence-corrected chi connectivity index (χ1v) is 9.95. The lowest BCUT2D eigenvalue weighted by Gasteiger charge is -2.23. The van der Waals surface area contributed by atoms with Crippen LogP contribution in [0.3, 0.4) is 0 Å². The summed E-state index contributed by atoms with van der Waals surface area (Å²) in [6.45, 7) is 1.51. The highest BCUT2D eigenvalue weighted by Crippen LogP contribution is 2.38. The van der Waals surface area contributed by atoms with Gasteiger partial charge < -0.3 is 24.9 Å². The van der Waals surface area contributed by atoms with Crippen LogP contribution in [0.5, 0.6) is 0 Å². The number of carbonyl (C=O) groups is 2. The van der Waals surface area contributed by atoms with Crippen LogP contribution in [-0.2, 0) is 22.4 Å². The van der Waals surface area contributed by atoms with E-state index in [9.17, 15) is 14.9 Å². The third-order valence-electron chi connectivity index (χ3n) is 4.45. The summed E-state index contributed by atoms with van der Waals surface area (Å²) < 4.78 is 10.4. The van der Waals surface area contributed by atoms with Crippen molar-refractivity contribution in [1.82, 2.24) is 5.32 Å². The van der Waals surface area contributed by atoms with Gasteiger partial charge in [0.2, 0.25) is 5.91 Å². The van der Waals surface area contributed by atoms with Gasteiger partial charge >= 0.3 is 6.09 Å². The van der Waals surface area contributed by atoms with Crippen LogP contribution in [0.1, 0.15) is 34.9 Å². The Bertz CT molecular complexity index is 942. The van der Waals surface area contributed by atoms with Crippen molar-refractivity contribution in [2.45, 2.75) is 38.3 Å². The highest BCUT2D eigenvalue weighted by Gasteiger charge is 2.28. The number of hydrogen-bond acceptors (Lipinski definition) is 7. The van der Waals surface area contributed by atoms with Gasteiger partial charge in [-0.1, -0.05) is 0 Å². The number of furan rings is 1. The molecule has 2 atom stereocenters. The molecule has 0 radical (unpaired) electrons. The maximum atomic E-state index is 12.2. The van der Waals surface area contributed by atoms with Crippen molar-refractivity contribution < 1.29 is 23.8 Å². The van der Waals surface area contributed by atoms with Gasteiger partial charge in [0, 0.05) is 22.9 Å². The van der Waals surface area contributed by atoms with Crippen LogP contribution >= 0.6 is 11.3 Å². The number of aliphatic hydroxyl groups is 1. The lowest BCUT2D eigenvalue weighted by molar-refractivity contribution is -0.111. The second-order valence-electron chi connectivity index (χ2n) is 6.70. The minimum Gasteiger partial charge on any atom is -0.472 e. The van der Waals surface area contributed by atoms with Gasteiger partial charge in [0.05, 0.1) is 30.7 Å². The molecule has 152 valence electrons. The molecule has 0 saturated heterocycles. The van der Waals surface area contributed by atoms with Gasteiger partial charge in [-0.05, 0) is 37.5 Å². The van der Waals surface area contributed by atoms with E-state index in [4.69, 9.17) is 14.3 Å². The molecule has 0 bridgehead atoms. The standard InChI is InChI=1S/C20H21N3O5S/c1-12(10-24)22-20(26)28-14-3-4-15-16(9-21)19(29-17(15)8-14)23-18(25)5-2-13-6-7-27-11-13/h2,5-7,11-12,14,24H,3-4,8,10H2,1H3,(H,22,26)(H,23,25)/b5-2+. The number of hydrogen-bond donors (Lipinski definition) is 3. The van der Waals surface area contributed by atoms with Crippen LogP contribution < -0.4 is 10.6 Å². The molecule has 0 aromatic carbocycles. The zero-order valence-corrected chi connectivity index (χ0v) is 16.6. The van der Waals surface area contributed by atoms with Crippen LogP contribution in [0, 0.1) is 11.3 Å². The molecule has 1 aliphatic rings. The Morgan fingerprint density at radius 3 is 3.07 bits per heavy atom. The van der Waals surface area contributed by atoms with Crippen molar-refractivity contribution in [3.63, 3.8) is 0 Å². The number of nitriles is 1. The van der Waals surface area contributed by atoms with Gasteiger partial charge in [0.15, 0.2) is 0 Å². The number of ether oxygens (including phenoxy) is 1. The van der Waals surface area contributed by atoms with Crippen molar-refractivity contribution in [3.8, 4) is 6.07 Å². The van der Waals surface area contributed by atoms with Crippen LogP contribution in [0.15, 0.2) is 29.1 Å². The lowest BCUT2D eigenvalue weighted by atomic mass is 9.94. The van der Waals surface area contributed by atoms with E-state index < -0.39 is 6.09 Å². The number of fused-ring (bicyclic) bond motifs is 1. The fraction of sp³-hybridized carbons (Fsp3) is 0.350. The van der Waals surface area contributed by atoms with Crippen molar-refractivity contribution in [2.75, 3.05) is 11.9 Å². The number of anilines is 1. The van der Waals surface area contributed by atoms with Crippen molar-refractivity contribution in [1.29, 1.82) is 5.26 Å². The molecule has 9 heteroatoms. The zero-order chi connectivity index (χ0) is 20.8. The summed E-state index contributed by atoms with van der Waals surface area (Å²) in [6.07, 6.45) is 6.80. The quantitative estimate of drug-likeness (QED) is 0.623. The molecule has 0 saturated carbocycles. The summed E-state index contributed by atoms with van der Waals surface area (Å²) in [7, 11) is 0. The summed E-state index contributed by atoms with van der Waals surface area (Å²) in [6, 6.07) is 3.52. The monoisotopic (exact) mass is 415 g/mol. The average Bonchev–Trinajstić information content (AvgIpc) is 3.32. The van der Waals surface area contributed by atoms with Gasteiger partial charge in [0.1, 0.15) is 17.2 Å². The van der Waals surface area contributed by atoms with E-state index in [0.717, 1.165) is 16.0 Å². The Balaban J connectivity index is 1.65. The smallest absolute Gasteiger partial charge is 0.407 e. The van der Waals surface area contributed by atoms with Crippen LogP contribution in [0.25, 0.3) is 6.08 Å². The fourth-order valence-electron chi connectivity index (χ4n) is 2.99. The summed E-state index contributed by atoms with van der Waals surface area (Å²) >= 11 is 1.33. The Morgan fingerprint density at radius 1 is 1.55 bits per heavy atom. The normalized spacial score (nSPS) is 16.7. The molecule has 2 heterocycles. The van der Waals surface area contributed by atoms with E-state index in [1.165, 1.54) is 29.9 Å². The second-order valence-corrected chi connectivity index (χ2v) is 7.80. The minimum atomic E-state index is -0.574. The zero-order valence-electron chi connectivity index (χ0n) is 15.8. The molecule has 29 heavy (non-hydrogen) atoms. The lowest BCUT2D eigenvalue weighted by Crippen LogP contribution is -2.38. The summed E-state index contributed by atoms with van der Waals surface area (Å²) in [5.74, 6) is -0.341. The number of rotatable bonds is 6. The van der Waals surface area contributed by atoms with E-state index in [2.05, 4.69) is 16.7 Å². The van der Waals surface area contributed by atoms with Gasteiger partial charge in [-0.15, -0.1) is 11.3 Å². The molecule has 3 rings (SSSR count). The van der Waals surface area contributed by atoms with E-state index in [1.54, 1.807) is 19.1 Å². The third-order valence-corrected chi connectivity index (χ3v) is 5.62. The molecule has 2 aromatic heterocycles. The molecule has 2 unspecified atom stereocenters. The minimum absolute atomic E-state index is 0.168. The number of nitrogens with one attached hydrogen (secondary N) is 2. The molecule has 0 aliphatic heterocycles. The second kappa shape index (κ2) is 9.41. The number of nitrogens with zero attached hydrogens (tertiary/aromatic N) is 1. The topological polar surface area (TPSA) is 125 Å². The maximum Gasteiger partial charge on any atom is 0.407 e. The summed E-state index contributed by atoms with van der Waals surface area (Å²) in [5.41, 5.74) is 2.13. The molecular formula is C20H21N3O5S. The number of thiophene rings is 1. The Morgan fingerprint density at radius 2 is 2.38 bits per heavy atom. The van der Waals surface area contributed by atoms with Crippen molar-refractivity contribution in [2.24, 2.45) is 0 Å². The highest BCUT2D eigenvalue weighted by atomic mass is 32.1. The first kappa shape index (κ1) is 20.6. The van der Waals surface area contributed by atoms with E-state index in [0.29, 0.717) is 29.8 Å². The average molecular weight is 415 g/mol. The van der Waals surface area contributed by atoms with Crippen molar-refractivity contribution in [3.05, 3.63) is 46.2 Å². The number of carbonyl (C=O) groups excluding carboxylic acids is 2. The number of amides is 2. The maximum absolute atomic E-state index is 12.2. The van der Waals surface area contributed by atoms with Gasteiger partial charge in [-0.2, -0.15) is 5.26 Å². The molecule has 2 aromatic rings. The first-order chi connectivity index (χ1) is 14.0. The highest BCUT2D eigenvalue weighted by molar-refractivity contribution is 7.16. The molecule has 0 fully saturated rings. The predicted octanol–water partition coefficient (Wildman–Crippen LogP) is 2.83. The number of alkyl carbamates (subject to hydrolysis) is 1.